The van der Waals surface area contributed by atoms with Gasteiger partial charge in [-0.2, -0.15) is 0 Å². The van der Waals surface area contributed by atoms with E-state index in [0.717, 1.165) is 31.1 Å². The van der Waals surface area contributed by atoms with Gasteiger partial charge in [0, 0.05) is 6.42 Å². The summed E-state index contributed by atoms with van der Waals surface area (Å²) in [4.78, 5) is 11.8. The van der Waals surface area contributed by atoms with Crippen molar-refractivity contribution in [3.05, 3.63) is 48.0 Å². The molecule has 0 unspecified atom stereocenters. The van der Waals surface area contributed by atoms with Crippen molar-refractivity contribution in [3.63, 3.8) is 0 Å². The first kappa shape index (κ1) is 29.7. The van der Waals surface area contributed by atoms with Crippen LogP contribution in [0, 0.1) is 17.8 Å². The zero-order chi connectivity index (χ0) is 25.4. The molecule has 0 radical (unpaired) electrons. The molecule has 2 atom stereocenters. The SMILES string of the molecule is CCCCCC/C=C\C[C@H](CCC[C@H](CC(=O)O)CC1(c2ccccc2)CCCC1)CCC(C)C. The van der Waals surface area contributed by atoms with Crippen molar-refractivity contribution in [1.82, 2.24) is 0 Å². The van der Waals surface area contributed by atoms with Crippen molar-refractivity contribution in [3.8, 4) is 0 Å². The maximum Gasteiger partial charge on any atom is 0.303 e. The molecule has 0 aliphatic heterocycles. The van der Waals surface area contributed by atoms with Crippen LogP contribution >= 0.6 is 0 Å². The van der Waals surface area contributed by atoms with Gasteiger partial charge in [-0.3, -0.25) is 4.79 Å². The van der Waals surface area contributed by atoms with E-state index in [-0.39, 0.29) is 11.3 Å². The molecule has 1 aromatic rings. The van der Waals surface area contributed by atoms with Gasteiger partial charge >= 0.3 is 5.97 Å². The van der Waals surface area contributed by atoms with E-state index in [1.54, 1.807) is 0 Å². The standard InChI is InChI=1S/C33H54O2/c1-4-5-6-7-8-9-11-17-29(23-22-28(2)3)18-16-19-30(26-32(34)35)27-33(24-14-15-25-33)31-20-12-10-13-21-31/h9-13,20-21,28-30H,4-8,14-19,22-27H2,1-3H3,(H,34,35)/b11-9-/t29-,30-/m1/s1. The molecule has 0 spiro atoms. The van der Waals surface area contributed by atoms with E-state index >= 15 is 0 Å². The maximum atomic E-state index is 11.8. The van der Waals surface area contributed by atoms with Gasteiger partial charge in [0.1, 0.15) is 0 Å². The van der Waals surface area contributed by atoms with Crippen LogP contribution in [0.2, 0.25) is 0 Å². The Morgan fingerprint density at radius 1 is 0.914 bits per heavy atom. The minimum atomic E-state index is -0.626. The Hall–Kier alpha value is -1.57. The van der Waals surface area contributed by atoms with Crippen molar-refractivity contribution in [2.75, 3.05) is 0 Å². The Labute approximate surface area is 217 Å². The van der Waals surface area contributed by atoms with Crippen LogP contribution in [0.1, 0.15) is 135 Å². The smallest absolute Gasteiger partial charge is 0.303 e. The third kappa shape index (κ3) is 11.8. The summed E-state index contributed by atoms with van der Waals surface area (Å²) in [6.07, 6.45) is 25.0. The molecule has 2 nitrogen and oxygen atoms in total. The zero-order valence-electron chi connectivity index (χ0n) is 23.1. The number of carbonyl (C=O) groups is 1. The highest BCUT2D eigenvalue weighted by Crippen LogP contribution is 2.47. The van der Waals surface area contributed by atoms with Crippen molar-refractivity contribution >= 4 is 5.97 Å². The average molecular weight is 483 g/mol. The van der Waals surface area contributed by atoms with E-state index in [1.165, 1.54) is 89.0 Å². The van der Waals surface area contributed by atoms with Crippen LogP contribution in [0.5, 0.6) is 0 Å². The molecule has 1 fully saturated rings. The predicted molar refractivity (Wildman–Crippen MR) is 151 cm³/mol. The van der Waals surface area contributed by atoms with Gasteiger partial charge in [-0.05, 0) is 80.1 Å². The van der Waals surface area contributed by atoms with E-state index in [0.29, 0.717) is 6.42 Å². The molecular weight excluding hydrogens is 428 g/mol. The minimum Gasteiger partial charge on any atom is -0.481 e. The number of benzene rings is 1. The Morgan fingerprint density at radius 2 is 1.63 bits per heavy atom. The second kappa shape index (κ2) is 17.0. The highest BCUT2D eigenvalue weighted by atomic mass is 16.4. The van der Waals surface area contributed by atoms with Crippen LogP contribution < -0.4 is 0 Å². The molecule has 1 aromatic carbocycles. The first-order chi connectivity index (χ1) is 16.9. The molecule has 2 rings (SSSR count). The maximum absolute atomic E-state index is 11.8. The molecule has 2 heteroatoms. The van der Waals surface area contributed by atoms with Gasteiger partial charge in [0.05, 0.1) is 0 Å². The lowest BCUT2D eigenvalue weighted by Crippen LogP contribution is -2.27. The van der Waals surface area contributed by atoms with E-state index in [4.69, 9.17) is 0 Å². The van der Waals surface area contributed by atoms with Crippen LogP contribution in [0.4, 0.5) is 0 Å². The number of carboxylic acid groups (broad SMARTS) is 1. The fourth-order valence-corrected chi connectivity index (χ4v) is 6.27. The quantitative estimate of drug-likeness (QED) is 0.157. The van der Waals surface area contributed by atoms with Crippen molar-refractivity contribution in [2.24, 2.45) is 17.8 Å². The Morgan fingerprint density at radius 3 is 2.29 bits per heavy atom. The summed E-state index contributed by atoms with van der Waals surface area (Å²) in [7, 11) is 0. The molecule has 0 bridgehead atoms. The van der Waals surface area contributed by atoms with Gasteiger partial charge in [-0.15, -0.1) is 0 Å². The number of rotatable bonds is 19. The van der Waals surface area contributed by atoms with Crippen LogP contribution in [0.3, 0.4) is 0 Å². The average Bonchev–Trinajstić information content (AvgIpc) is 3.31. The minimum absolute atomic E-state index is 0.193. The number of aliphatic carboxylic acids is 1. The van der Waals surface area contributed by atoms with Crippen LogP contribution in [-0.2, 0) is 10.2 Å². The number of allylic oxidation sites excluding steroid dienone is 2. The van der Waals surface area contributed by atoms with Crippen molar-refractivity contribution < 1.29 is 9.90 Å². The largest absolute Gasteiger partial charge is 0.481 e. The highest BCUT2D eigenvalue weighted by Gasteiger charge is 2.37. The third-order valence-corrected chi connectivity index (χ3v) is 8.33. The monoisotopic (exact) mass is 482 g/mol. The summed E-state index contributed by atoms with van der Waals surface area (Å²) < 4.78 is 0. The molecule has 0 heterocycles. The fraction of sp³-hybridized carbons (Fsp3) is 0.727. The van der Waals surface area contributed by atoms with Crippen molar-refractivity contribution in [1.29, 1.82) is 0 Å². The number of unbranched alkanes of at least 4 members (excludes halogenated alkanes) is 4. The van der Waals surface area contributed by atoms with Crippen LogP contribution in [-0.4, -0.2) is 11.1 Å². The lowest BCUT2D eigenvalue weighted by molar-refractivity contribution is -0.138. The summed E-state index contributed by atoms with van der Waals surface area (Å²) in [5, 5.41) is 9.68. The molecule has 1 aliphatic carbocycles. The van der Waals surface area contributed by atoms with E-state index in [1.807, 2.05) is 0 Å². The second-order valence-corrected chi connectivity index (χ2v) is 11.8. The molecule has 1 aliphatic rings. The molecule has 198 valence electrons. The molecule has 0 aromatic heterocycles. The predicted octanol–water partition coefficient (Wildman–Crippen LogP) is 10.1. The lowest BCUT2D eigenvalue weighted by Gasteiger charge is -2.34. The Balaban J connectivity index is 1.92. The normalized spacial score (nSPS) is 17.3. The summed E-state index contributed by atoms with van der Waals surface area (Å²) in [5.74, 6) is 1.15. The van der Waals surface area contributed by atoms with E-state index < -0.39 is 5.97 Å². The van der Waals surface area contributed by atoms with Gasteiger partial charge in [0.15, 0.2) is 0 Å². The summed E-state index contributed by atoms with van der Waals surface area (Å²) in [5.41, 5.74) is 1.63. The topological polar surface area (TPSA) is 37.3 Å². The number of hydrogen-bond donors (Lipinski definition) is 1. The Bertz CT molecular complexity index is 699. The molecule has 1 saturated carbocycles. The van der Waals surface area contributed by atoms with Crippen LogP contribution in [0.15, 0.2) is 42.5 Å². The molecule has 1 N–H and O–H groups in total. The summed E-state index contributed by atoms with van der Waals surface area (Å²) in [6, 6.07) is 11.0. The van der Waals surface area contributed by atoms with Gasteiger partial charge in [0.2, 0.25) is 0 Å². The number of carboxylic acids is 1. The summed E-state index contributed by atoms with van der Waals surface area (Å²) in [6.45, 7) is 6.92. The zero-order valence-corrected chi connectivity index (χ0v) is 23.1. The molecule has 0 saturated heterocycles. The van der Waals surface area contributed by atoms with Crippen molar-refractivity contribution in [2.45, 2.75) is 135 Å². The van der Waals surface area contributed by atoms with E-state index in [9.17, 15) is 9.90 Å². The molecule has 35 heavy (non-hydrogen) atoms. The van der Waals surface area contributed by atoms with Gasteiger partial charge in [-0.1, -0.05) is 115 Å². The lowest BCUT2D eigenvalue weighted by atomic mass is 9.71. The Kier molecular flexibility index (Phi) is 14.4. The molecular formula is C33H54O2. The molecule has 0 amide bonds. The first-order valence-electron chi connectivity index (χ1n) is 14.9. The third-order valence-electron chi connectivity index (χ3n) is 8.33. The van der Waals surface area contributed by atoms with Gasteiger partial charge in [0.25, 0.3) is 0 Å². The van der Waals surface area contributed by atoms with Gasteiger partial charge in [-0.25, -0.2) is 0 Å². The second-order valence-electron chi connectivity index (χ2n) is 11.8. The number of hydrogen-bond acceptors (Lipinski definition) is 1. The van der Waals surface area contributed by atoms with Crippen LogP contribution in [0.25, 0.3) is 0 Å². The fourth-order valence-electron chi connectivity index (χ4n) is 6.27. The highest BCUT2D eigenvalue weighted by molar-refractivity contribution is 5.67. The van der Waals surface area contributed by atoms with E-state index in [2.05, 4.69) is 63.3 Å². The summed E-state index contributed by atoms with van der Waals surface area (Å²) >= 11 is 0. The van der Waals surface area contributed by atoms with Gasteiger partial charge < -0.3 is 5.11 Å². The first-order valence-corrected chi connectivity index (χ1v) is 14.9.